The van der Waals surface area contributed by atoms with E-state index in [1.807, 2.05) is 18.2 Å². The van der Waals surface area contributed by atoms with Gasteiger partial charge in [-0.3, -0.25) is 10.1 Å². The fourth-order valence-corrected chi connectivity index (χ4v) is 1.88. The first-order valence-electron chi connectivity index (χ1n) is 6.18. The molecule has 1 amide bonds. The van der Waals surface area contributed by atoms with E-state index in [1.54, 1.807) is 36.4 Å². The van der Waals surface area contributed by atoms with Gasteiger partial charge in [0.1, 0.15) is 5.75 Å². The predicted molar refractivity (Wildman–Crippen MR) is 87.8 cm³/mol. The van der Waals surface area contributed by atoms with Crippen molar-refractivity contribution >= 4 is 40.5 Å². The third kappa shape index (κ3) is 5.41. The molecule has 4 nitrogen and oxygen atoms in total. The molecule has 0 fully saturated rings. The Morgan fingerprint density at radius 1 is 1.10 bits per heavy atom. The first kappa shape index (κ1) is 15.3. The van der Waals surface area contributed by atoms with Crippen LogP contribution in [0.25, 0.3) is 0 Å². The van der Waals surface area contributed by atoms with Crippen LogP contribution < -0.4 is 15.4 Å². The Morgan fingerprint density at radius 3 is 2.43 bits per heavy atom. The molecule has 6 heteroatoms. The number of benzene rings is 2. The smallest absolute Gasteiger partial charge is 0.264 e. The Bertz CT molecular complexity index is 617. The van der Waals surface area contributed by atoms with Gasteiger partial charge in [0.2, 0.25) is 0 Å². The van der Waals surface area contributed by atoms with Gasteiger partial charge in [-0.15, -0.1) is 0 Å². The minimum Gasteiger partial charge on any atom is -0.484 e. The highest BCUT2D eigenvalue weighted by Crippen LogP contribution is 2.13. The molecule has 0 spiro atoms. The van der Waals surface area contributed by atoms with E-state index in [-0.39, 0.29) is 17.6 Å². The second kappa shape index (κ2) is 7.61. The van der Waals surface area contributed by atoms with Crippen molar-refractivity contribution < 1.29 is 9.53 Å². The monoisotopic (exact) mass is 320 g/mol. The van der Waals surface area contributed by atoms with E-state index in [0.717, 1.165) is 5.69 Å². The highest BCUT2D eigenvalue weighted by atomic mass is 35.5. The minimum atomic E-state index is -0.328. The average Bonchev–Trinajstić information content (AvgIpc) is 2.48. The molecule has 0 aliphatic carbocycles. The van der Waals surface area contributed by atoms with Gasteiger partial charge in [0.25, 0.3) is 5.91 Å². The molecule has 0 saturated carbocycles. The molecule has 108 valence electrons. The zero-order chi connectivity index (χ0) is 15.1. The summed E-state index contributed by atoms with van der Waals surface area (Å²) in [5, 5.41) is 6.26. The van der Waals surface area contributed by atoms with Crippen molar-refractivity contribution in [2.45, 2.75) is 0 Å². The van der Waals surface area contributed by atoms with Gasteiger partial charge in [0.15, 0.2) is 11.7 Å². The number of hydrogen-bond acceptors (Lipinski definition) is 3. The number of halogens is 1. The average molecular weight is 321 g/mol. The molecular formula is C15H13ClN2O2S. The number of ether oxygens (including phenoxy) is 1. The van der Waals surface area contributed by atoms with Crippen molar-refractivity contribution in [3.8, 4) is 5.75 Å². The minimum absolute atomic E-state index is 0.105. The second-order valence-corrected chi connectivity index (χ2v) is 4.96. The molecule has 0 aliphatic rings. The Kier molecular flexibility index (Phi) is 5.54. The number of hydrogen-bond donors (Lipinski definition) is 2. The van der Waals surface area contributed by atoms with Crippen LogP contribution in [0.2, 0.25) is 5.02 Å². The number of rotatable bonds is 4. The molecule has 2 aromatic rings. The lowest BCUT2D eigenvalue weighted by atomic mass is 10.3. The maximum absolute atomic E-state index is 11.7. The van der Waals surface area contributed by atoms with E-state index in [2.05, 4.69) is 10.6 Å². The number of nitrogens with one attached hydrogen (secondary N) is 2. The van der Waals surface area contributed by atoms with E-state index in [9.17, 15) is 4.79 Å². The van der Waals surface area contributed by atoms with Crippen LogP contribution in [0.4, 0.5) is 5.69 Å². The predicted octanol–water partition coefficient (Wildman–Crippen LogP) is 3.23. The maximum atomic E-state index is 11.7. The summed E-state index contributed by atoms with van der Waals surface area (Å²) in [7, 11) is 0. The molecule has 0 saturated heterocycles. The largest absolute Gasteiger partial charge is 0.484 e. The molecule has 0 aromatic heterocycles. The summed E-state index contributed by atoms with van der Waals surface area (Å²) in [6.45, 7) is -0.105. The quantitative estimate of drug-likeness (QED) is 0.849. The van der Waals surface area contributed by atoms with E-state index in [1.165, 1.54) is 0 Å². The molecular weight excluding hydrogens is 308 g/mol. The fourth-order valence-electron chi connectivity index (χ4n) is 1.52. The third-order valence-electron chi connectivity index (χ3n) is 2.47. The van der Waals surface area contributed by atoms with Gasteiger partial charge in [-0.1, -0.05) is 29.8 Å². The van der Waals surface area contributed by atoms with Gasteiger partial charge in [-0.25, -0.2) is 0 Å². The van der Waals surface area contributed by atoms with Crippen molar-refractivity contribution in [3.05, 3.63) is 59.6 Å². The standard InChI is InChI=1S/C15H13ClN2O2S/c16-11-6-8-12(9-7-11)17-15(21)18-14(19)10-20-13-4-2-1-3-5-13/h1-9H,10H2,(H2,17,18,19,21). The SMILES string of the molecule is O=C(COc1ccccc1)NC(=S)Nc1ccc(Cl)cc1. The summed E-state index contributed by atoms with van der Waals surface area (Å²) < 4.78 is 5.32. The van der Waals surface area contributed by atoms with Crippen LogP contribution in [0.5, 0.6) is 5.75 Å². The summed E-state index contributed by atoms with van der Waals surface area (Å²) in [6.07, 6.45) is 0. The van der Waals surface area contributed by atoms with Crippen molar-refractivity contribution in [1.82, 2.24) is 5.32 Å². The van der Waals surface area contributed by atoms with Gasteiger partial charge in [-0.2, -0.15) is 0 Å². The van der Waals surface area contributed by atoms with Gasteiger partial charge in [0.05, 0.1) is 0 Å². The van der Waals surface area contributed by atoms with Gasteiger partial charge in [0, 0.05) is 10.7 Å². The van der Waals surface area contributed by atoms with Crippen LogP contribution >= 0.6 is 23.8 Å². The van der Waals surface area contributed by atoms with Crippen molar-refractivity contribution in [2.75, 3.05) is 11.9 Å². The van der Waals surface area contributed by atoms with E-state index in [0.29, 0.717) is 10.8 Å². The van der Waals surface area contributed by atoms with Crippen molar-refractivity contribution in [2.24, 2.45) is 0 Å². The summed E-state index contributed by atoms with van der Waals surface area (Å²) in [5.74, 6) is 0.301. The first-order valence-corrected chi connectivity index (χ1v) is 6.96. The normalized spacial score (nSPS) is 9.76. The number of amides is 1. The molecule has 0 bridgehead atoms. The van der Waals surface area contributed by atoms with Gasteiger partial charge >= 0.3 is 0 Å². The summed E-state index contributed by atoms with van der Waals surface area (Å²) in [5.41, 5.74) is 0.744. The van der Waals surface area contributed by atoms with Crippen LogP contribution in [0.1, 0.15) is 0 Å². The van der Waals surface area contributed by atoms with Crippen LogP contribution in [0, 0.1) is 0 Å². The van der Waals surface area contributed by atoms with Crippen LogP contribution in [-0.2, 0) is 4.79 Å². The molecule has 2 rings (SSSR count). The molecule has 0 atom stereocenters. The number of anilines is 1. The third-order valence-corrected chi connectivity index (χ3v) is 2.92. The zero-order valence-corrected chi connectivity index (χ0v) is 12.6. The number of carbonyl (C=O) groups is 1. The summed E-state index contributed by atoms with van der Waals surface area (Å²) >= 11 is 10.8. The first-order chi connectivity index (χ1) is 10.1. The summed E-state index contributed by atoms with van der Waals surface area (Å²) in [6, 6.07) is 16.1. The Labute approximate surface area is 133 Å². The topological polar surface area (TPSA) is 50.4 Å². The lowest BCUT2D eigenvalue weighted by Gasteiger charge is -2.10. The molecule has 0 heterocycles. The highest BCUT2D eigenvalue weighted by Gasteiger charge is 2.05. The number of thiocarbonyl (C=S) groups is 1. The molecule has 21 heavy (non-hydrogen) atoms. The van der Waals surface area contributed by atoms with Gasteiger partial charge < -0.3 is 10.1 Å². The van der Waals surface area contributed by atoms with E-state index < -0.39 is 0 Å². The number of carbonyl (C=O) groups excluding carboxylic acids is 1. The molecule has 0 aliphatic heterocycles. The zero-order valence-electron chi connectivity index (χ0n) is 11.0. The van der Waals surface area contributed by atoms with E-state index >= 15 is 0 Å². The maximum Gasteiger partial charge on any atom is 0.264 e. The van der Waals surface area contributed by atoms with Crippen molar-refractivity contribution in [1.29, 1.82) is 0 Å². The Balaban J connectivity index is 1.77. The van der Waals surface area contributed by atoms with Gasteiger partial charge in [-0.05, 0) is 48.6 Å². The molecule has 0 unspecified atom stereocenters. The molecule has 0 radical (unpaired) electrons. The van der Waals surface area contributed by atoms with Crippen LogP contribution in [0.3, 0.4) is 0 Å². The molecule has 2 aromatic carbocycles. The highest BCUT2D eigenvalue weighted by molar-refractivity contribution is 7.80. The van der Waals surface area contributed by atoms with Crippen molar-refractivity contribution in [3.63, 3.8) is 0 Å². The lowest BCUT2D eigenvalue weighted by molar-refractivity contribution is -0.121. The van der Waals surface area contributed by atoms with Crippen LogP contribution in [-0.4, -0.2) is 17.6 Å². The lowest BCUT2D eigenvalue weighted by Crippen LogP contribution is -2.37. The Morgan fingerprint density at radius 2 is 1.76 bits per heavy atom. The van der Waals surface area contributed by atoms with Crippen LogP contribution in [0.15, 0.2) is 54.6 Å². The summed E-state index contributed by atoms with van der Waals surface area (Å²) in [4.78, 5) is 11.7. The molecule has 2 N–H and O–H groups in total. The number of para-hydroxylation sites is 1. The second-order valence-electron chi connectivity index (χ2n) is 4.11. The van der Waals surface area contributed by atoms with E-state index in [4.69, 9.17) is 28.6 Å². The Hall–Kier alpha value is -2.11. The fraction of sp³-hybridized carbons (Fsp3) is 0.0667.